The van der Waals surface area contributed by atoms with Gasteiger partial charge in [0.15, 0.2) is 5.82 Å². The van der Waals surface area contributed by atoms with Gasteiger partial charge in [0.05, 0.1) is 32.4 Å². The number of allylic oxidation sites excluding steroid dienone is 1. The van der Waals surface area contributed by atoms with E-state index in [4.69, 9.17) is 4.74 Å². The standard InChI is InChI=1S/C13H16N3OS/c1-3-10-8-11-12(16-4-6-17-7-5-16)14-9(2)15-13(11)18-10/h3-7H2,1-2H3/q+1. The van der Waals surface area contributed by atoms with Gasteiger partial charge in [0, 0.05) is 11.8 Å². The van der Waals surface area contributed by atoms with Crippen LogP contribution in [-0.4, -0.2) is 36.3 Å². The van der Waals surface area contributed by atoms with Crippen LogP contribution in [0, 0.1) is 13.0 Å². The Hall–Kier alpha value is -1.16. The molecule has 0 unspecified atom stereocenters. The van der Waals surface area contributed by atoms with Gasteiger partial charge in [-0.2, -0.15) is 4.98 Å². The van der Waals surface area contributed by atoms with Gasteiger partial charge in [0.2, 0.25) is 5.03 Å². The highest BCUT2D eigenvalue weighted by Crippen LogP contribution is 2.40. The van der Waals surface area contributed by atoms with Crippen LogP contribution in [0.3, 0.4) is 0 Å². The highest BCUT2D eigenvalue weighted by molar-refractivity contribution is 8.03. The molecule has 1 fully saturated rings. The molecule has 1 aromatic heterocycles. The fourth-order valence-electron chi connectivity index (χ4n) is 2.16. The molecular formula is C13H16N3OS+. The molecule has 0 aromatic carbocycles. The Morgan fingerprint density at radius 1 is 1.33 bits per heavy atom. The lowest BCUT2D eigenvalue weighted by Crippen LogP contribution is -2.37. The molecule has 0 aliphatic carbocycles. The Kier molecular flexibility index (Phi) is 3.20. The van der Waals surface area contributed by atoms with Crippen LogP contribution in [0.15, 0.2) is 9.93 Å². The number of anilines is 1. The number of hydrogen-bond acceptors (Lipinski definition) is 5. The molecule has 1 aromatic rings. The Morgan fingerprint density at radius 3 is 2.83 bits per heavy atom. The van der Waals surface area contributed by atoms with Crippen LogP contribution in [-0.2, 0) is 4.74 Å². The van der Waals surface area contributed by atoms with E-state index in [9.17, 15) is 0 Å². The van der Waals surface area contributed by atoms with E-state index in [1.54, 1.807) is 11.8 Å². The van der Waals surface area contributed by atoms with Crippen LogP contribution in [0.5, 0.6) is 0 Å². The first-order valence-electron chi connectivity index (χ1n) is 6.30. The van der Waals surface area contributed by atoms with Gasteiger partial charge < -0.3 is 4.74 Å². The van der Waals surface area contributed by atoms with Gasteiger partial charge in [-0.1, -0.05) is 6.92 Å². The van der Waals surface area contributed by atoms with Gasteiger partial charge in [-0.05, 0) is 13.3 Å². The van der Waals surface area contributed by atoms with E-state index >= 15 is 0 Å². The zero-order valence-electron chi connectivity index (χ0n) is 10.7. The third-order valence-corrected chi connectivity index (χ3v) is 4.21. The molecule has 18 heavy (non-hydrogen) atoms. The molecule has 5 heteroatoms. The summed E-state index contributed by atoms with van der Waals surface area (Å²) in [5, 5.41) is 1.06. The summed E-state index contributed by atoms with van der Waals surface area (Å²) in [6.07, 6.45) is 4.45. The molecule has 94 valence electrons. The average molecular weight is 262 g/mol. The van der Waals surface area contributed by atoms with Gasteiger partial charge in [-0.15, -0.1) is 4.98 Å². The van der Waals surface area contributed by atoms with Crippen LogP contribution in [0.2, 0.25) is 0 Å². The number of morpholine rings is 1. The van der Waals surface area contributed by atoms with E-state index in [1.165, 1.54) is 4.91 Å². The lowest BCUT2D eigenvalue weighted by atomic mass is 10.2. The second kappa shape index (κ2) is 4.84. The molecule has 1 saturated heterocycles. The molecule has 0 radical (unpaired) electrons. The Balaban J connectivity index is 2.00. The van der Waals surface area contributed by atoms with Gasteiger partial charge in [-0.25, -0.2) is 0 Å². The highest BCUT2D eigenvalue weighted by Gasteiger charge is 2.34. The van der Waals surface area contributed by atoms with Gasteiger partial charge in [0.1, 0.15) is 4.91 Å². The summed E-state index contributed by atoms with van der Waals surface area (Å²) < 4.78 is 5.40. The predicted molar refractivity (Wildman–Crippen MR) is 71.8 cm³/mol. The van der Waals surface area contributed by atoms with Crippen molar-refractivity contribution in [2.24, 2.45) is 0 Å². The van der Waals surface area contributed by atoms with Crippen LogP contribution in [0.4, 0.5) is 5.82 Å². The highest BCUT2D eigenvalue weighted by atomic mass is 32.2. The Morgan fingerprint density at radius 2 is 2.11 bits per heavy atom. The van der Waals surface area contributed by atoms with E-state index in [0.717, 1.165) is 55.0 Å². The molecule has 3 rings (SSSR count). The maximum Gasteiger partial charge on any atom is 0.266 e. The zero-order chi connectivity index (χ0) is 12.5. The van der Waals surface area contributed by atoms with Crippen LogP contribution < -0.4 is 4.90 Å². The first-order chi connectivity index (χ1) is 8.78. The summed E-state index contributed by atoms with van der Waals surface area (Å²) in [4.78, 5) is 12.7. The molecule has 2 aliphatic rings. The quantitative estimate of drug-likeness (QED) is 0.603. The SMILES string of the molecule is CCC1=[C+]c2c(nc(C)nc2N2CCOCC2)S1. The lowest BCUT2D eigenvalue weighted by Gasteiger charge is -2.24. The molecular weight excluding hydrogens is 246 g/mol. The minimum atomic E-state index is 0.773. The van der Waals surface area contributed by atoms with Crippen LogP contribution >= 0.6 is 11.8 Å². The maximum absolute atomic E-state index is 5.40. The summed E-state index contributed by atoms with van der Waals surface area (Å²) in [5.74, 6) is 1.86. The Bertz CT molecular complexity index is 495. The van der Waals surface area contributed by atoms with E-state index in [0.29, 0.717) is 0 Å². The number of thioether (sulfide) groups is 1. The van der Waals surface area contributed by atoms with Crippen LogP contribution in [0.25, 0.3) is 0 Å². The smallest absolute Gasteiger partial charge is 0.266 e. The molecule has 0 N–H and O–H groups in total. The van der Waals surface area contributed by atoms with Crippen molar-refractivity contribution in [2.75, 3.05) is 31.2 Å². The fourth-order valence-corrected chi connectivity index (χ4v) is 3.12. The average Bonchev–Trinajstić information content (AvgIpc) is 2.81. The third-order valence-electron chi connectivity index (χ3n) is 3.08. The summed E-state index contributed by atoms with van der Waals surface area (Å²) in [6.45, 7) is 7.45. The molecule has 0 bridgehead atoms. The third kappa shape index (κ3) is 2.09. The van der Waals surface area contributed by atoms with Gasteiger partial charge >= 0.3 is 0 Å². The number of hydrogen-bond donors (Lipinski definition) is 0. The van der Waals surface area contributed by atoms with Crippen molar-refractivity contribution >= 4 is 17.6 Å². The molecule has 0 atom stereocenters. The second-order valence-electron chi connectivity index (χ2n) is 4.38. The Labute approximate surface area is 111 Å². The largest absolute Gasteiger partial charge is 0.378 e. The van der Waals surface area contributed by atoms with E-state index in [-0.39, 0.29) is 0 Å². The van der Waals surface area contributed by atoms with E-state index in [1.807, 2.05) is 6.92 Å². The predicted octanol–water partition coefficient (Wildman–Crippen LogP) is 2.17. The monoisotopic (exact) mass is 262 g/mol. The number of fused-ring (bicyclic) bond motifs is 1. The molecule has 0 spiro atoms. The normalized spacial score (nSPS) is 18.3. The van der Waals surface area contributed by atoms with Crippen LogP contribution in [0.1, 0.15) is 24.7 Å². The zero-order valence-corrected chi connectivity index (χ0v) is 11.5. The lowest BCUT2D eigenvalue weighted by molar-refractivity contribution is 0.122. The van der Waals surface area contributed by atoms with Crippen molar-refractivity contribution in [1.82, 2.24) is 9.97 Å². The topological polar surface area (TPSA) is 38.2 Å². The fraction of sp³-hybridized carbons (Fsp3) is 0.538. The summed E-state index contributed by atoms with van der Waals surface area (Å²) in [7, 11) is 0. The molecule has 4 nitrogen and oxygen atoms in total. The van der Waals surface area contributed by atoms with Crippen molar-refractivity contribution in [3.8, 4) is 0 Å². The minimum Gasteiger partial charge on any atom is -0.378 e. The van der Waals surface area contributed by atoms with Crippen molar-refractivity contribution < 1.29 is 4.74 Å². The molecule has 3 heterocycles. The number of aromatic nitrogens is 2. The summed E-state index contributed by atoms with van der Waals surface area (Å²) in [6, 6.07) is 0. The summed E-state index contributed by atoms with van der Waals surface area (Å²) in [5.41, 5.74) is 1.07. The molecule has 2 aliphatic heterocycles. The molecule has 0 amide bonds. The van der Waals surface area contributed by atoms with E-state index < -0.39 is 0 Å². The number of aryl methyl sites for hydroxylation is 1. The van der Waals surface area contributed by atoms with Crippen molar-refractivity contribution in [3.63, 3.8) is 0 Å². The molecule has 0 saturated carbocycles. The van der Waals surface area contributed by atoms with Crippen molar-refractivity contribution in [2.45, 2.75) is 25.3 Å². The van der Waals surface area contributed by atoms with Crippen molar-refractivity contribution in [3.05, 3.63) is 22.4 Å². The second-order valence-corrected chi connectivity index (χ2v) is 5.46. The number of rotatable bonds is 2. The first-order valence-corrected chi connectivity index (χ1v) is 7.11. The minimum absolute atomic E-state index is 0.773. The first kappa shape index (κ1) is 11.9. The van der Waals surface area contributed by atoms with Crippen molar-refractivity contribution in [1.29, 1.82) is 0 Å². The van der Waals surface area contributed by atoms with Gasteiger partial charge in [0.25, 0.3) is 11.4 Å². The van der Waals surface area contributed by atoms with E-state index in [2.05, 4.69) is 27.9 Å². The number of ether oxygens (including phenoxy) is 1. The number of nitrogens with zero attached hydrogens (tertiary/aromatic N) is 3. The van der Waals surface area contributed by atoms with Gasteiger partial charge in [-0.3, -0.25) is 4.90 Å². The summed E-state index contributed by atoms with van der Waals surface area (Å²) >= 11 is 1.73. The maximum atomic E-state index is 5.40.